The van der Waals surface area contributed by atoms with Crippen molar-refractivity contribution in [2.45, 2.75) is 33.8 Å². The third kappa shape index (κ3) is 6.68. The lowest BCUT2D eigenvalue weighted by Crippen LogP contribution is -2.30. The summed E-state index contributed by atoms with van der Waals surface area (Å²) in [5.41, 5.74) is 0.648. The number of anilines is 1. The average molecular weight is 462 g/mol. The highest BCUT2D eigenvalue weighted by Gasteiger charge is 2.23. The van der Waals surface area contributed by atoms with E-state index >= 15 is 0 Å². The molecule has 0 aromatic heterocycles. The number of hydrogen-bond acceptors (Lipinski definition) is 8. The summed E-state index contributed by atoms with van der Waals surface area (Å²) >= 11 is 0. The van der Waals surface area contributed by atoms with E-state index in [1.165, 1.54) is 33.3 Å². The first-order chi connectivity index (χ1) is 15.9. The van der Waals surface area contributed by atoms with Crippen molar-refractivity contribution >= 4 is 17.6 Å². The summed E-state index contributed by atoms with van der Waals surface area (Å²) in [6.07, 6.45) is -1.07. The van der Waals surface area contributed by atoms with Crippen molar-refractivity contribution in [3.8, 4) is 28.7 Å². The standard InChI is InChI=1S/C24H31NO8/c1-7-30-20-12-16(13-21(31-8-2)22(20)32-9-3)24(27)33-15(4)23(26)25-17-10-11-18(28-5)19(14-17)29-6/h10-15H,7-9H2,1-6H3,(H,25,26). The lowest BCUT2D eigenvalue weighted by atomic mass is 10.1. The van der Waals surface area contributed by atoms with Crippen LogP contribution in [0.25, 0.3) is 0 Å². The Labute approximate surface area is 193 Å². The number of methoxy groups -OCH3 is 2. The summed E-state index contributed by atoms with van der Waals surface area (Å²) < 4.78 is 32.7. The van der Waals surface area contributed by atoms with E-state index in [9.17, 15) is 9.59 Å². The van der Waals surface area contributed by atoms with Crippen molar-refractivity contribution in [1.82, 2.24) is 0 Å². The van der Waals surface area contributed by atoms with Gasteiger partial charge in [0.2, 0.25) is 5.75 Å². The molecule has 2 aromatic carbocycles. The fourth-order valence-corrected chi connectivity index (χ4v) is 2.95. The first-order valence-electron chi connectivity index (χ1n) is 10.7. The summed E-state index contributed by atoms with van der Waals surface area (Å²) in [4.78, 5) is 25.4. The highest BCUT2D eigenvalue weighted by Crippen LogP contribution is 2.39. The molecule has 180 valence electrons. The Hall–Kier alpha value is -3.62. The molecule has 9 nitrogen and oxygen atoms in total. The van der Waals surface area contributed by atoms with Gasteiger partial charge in [-0.3, -0.25) is 4.79 Å². The van der Waals surface area contributed by atoms with Crippen LogP contribution in [-0.4, -0.2) is 52.0 Å². The number of amides is 1. The predicted octanol–water partition coefficient (Wildman–Crippen LogP) is 4.08. The summed E-state index contributed by atoms with van der Waals surface area (Å²) in [6.45, 7) is 8.10. The Morgan fingerprint density at radius 1 is 0.818 bits per heavy atom. The van der Waals surface area contributed by atoms with Crippen molar-refractivity contribution in [3.05, 3.63) is 35.9 Å². The van der Waals surface area contributed by atoms with Gasteiger partial charge in [0.15, 0.2) is 29.1 Å². The zero-order chi connectivity index (χ0) is 24.4. The maximum Gasteiger partial charge on any atom is 0.339 e. The minimum atomic E-state index is -1.07. The second kappa shape index (κ2) is 12.4. The Kier molecular flexibility index (Phi) is 9.65. The van der Waals surface area contributed by atoms with Crippen LogP contribution in [0, 0.1) is 0 Å². The van der Waals surface area contributed by atoms with Crippen LogP contribution in [0.3, 0.4) is 0 Å². The van der Waals surface area contributed by atoms with Crippen LogP contribution in [0.1, 0.15) is 38.1 Å². The average Bonchev–Trinajstić information content (AvgIpc) is 2.80. The van der Waals surface area contributed by atoms with E-state index < -0.39 is 18.0 Å². The number of nitrogens with one attached hydrogen (secondary N) is 1. The third-order valence-corrected chi connectivity index (χ3v) is 4.45. The van der Waals surface area contributed by atoms with Crippen LogP contribution in [0.15, 0.2) is 30.3 Å². The van der Waals surface area contributed by atoms with Gasteiger partial charge in [-0.25, -0.2) is 4.79 Å². The number of ether oxygens (including phenoxy) is 6. The van der Waals surface area contributed by atoms with E-state index in [1.54, 1.807) is 18.2 Å². The normalized spacial score (nSPS) is 11.2. The second-order valence-corrected chi connectivity index (χ2v) is 6.71. The van der Waals surface area contributed by atoms with Gasteiger partial charge in [0, 0.05) is 11.8 Å². The van der Waals surface area contributed by atoms with Gasteiger partial charge in [0.05, 0.1) is 39.6 Å². The van der Waals surface area contributed by atoms with Crippen molar-refractivity contribution in [3.63, 3.8) is 0 Å². The number of carbonyl (C=O) groups is 2. The second-order valence-electron chi connectivity index (χ2n) is 6.71. The van der Waals surface area contributed by atoms with Gasteiger partial charge in [-0.1, -0.05) is 0 Å². The van der Waals surface area contributed by atoms with E-state index in [2.05, 4.69) is 5.32 Å². The first kappa shape index (κ1) is 25.6. The van der Waals surface area contributed by atoms with Gasteiger partial charge >= 0.3 is 5.97 Å². The molecule has 0 fully saturated rings. The Bertz CT molecular complexity index is 932. The maximum absolute atomic E-state index is 12.8. The summed E-state index contributed by atoms with van der Waals surface area (Å²) in [6, 6.07) is 7.95. The molecule has 0 radical (unpaired) electrons. The van der Waals surface area contributed by atoms with Gasteiger partial charge in [0.25, 0.3) is 5.91 Å². The highest BCUT2D eigenvalue weighted by atomic mass is 16.6. The fraction of sp³-hybridized carbons (Fsp3) is 0.417. The van der Waals surface area contributed by atoms with Crippen molar-refractivity contribution < 1.29 is 38.0 Å². The van der Waals surface area contributed by atoms with Crippen LogP contribution < -0.4 is 29.0 Å². The molecular weight excluding hydrogens is 430 g/mol. The monoisotopic (exact) mass is 461 g/mol. The molecule has 9 heteroatoms. The number of esters is 1. The van der Waals surface area contributed by atoms with Gasteiger partial charge < -0.3 is 33.7 Å². The highest BCUT2D eigenvalue weighted by molar-refractivity contribution is 5.98. The van der Waals surface area contributed by atoms with Gasteiger partial charge in [-0.2, -0.15) is 0 Å². The molecule has 0 heterocycles. The van der Waals surface area contributed by atoms with Crippen LogP contribution >= 0.6 is 0 Å². The maximum atomic E-state index is 12.8. The number of rotatable bonds is 12. The Balaban J connectivity index is 2.18. The molecule has 1 atom stereocenters. The van der Waals surface area contributed by atoms with E-state index in [0.717, 1.165) is 0 Å². The fourth-order valence-electron chi connectivity index (χ4n) is 2.95. The summed E-state index contributed by atoms with van der Waals surface area (Å²) in [7, 11) is 3.02. The minimum absolute atomic E-state index is 0.177. The summed E-state index contributed by atoms with van der Waals surface area (Å²) in [5, 5.41) is 2.69. The molecule has 1 unspecified atom stereocenters. The lowest BCUT2D eigenvalue weighted by molar-refractivity contribution is -0.123. The first-order valence-corrected chi connectivity index (χ1v) is 10.7. The molecule has 2 rings (SSSR count). The van der Waals surface area contributed by atoms with Gasteiger partial charge in [0.1, 0.15) is 0 Å². The third-order valence-electron chi connectivity index (χ3n) is 4.45. The number of benzene rings is 2. The Morgan fingerprint density at radius 2 is 1.39 bits per heavy atom. The smallest absolute Gasteiger partial charge is 0.339 e. The molecule has 33 heavy (non-hydrogen) atoms. The largest absolute Gasteiger partial charge is 0.493 e. The molecule has 2 aromatic rings. The van der Waals surface area contributed by atoms with Gasteiger partial charge in [-0.05, 0) is 52.0 Å². The van der Waals surface area contributed by atoms with Gasteiger partial charge in [-0.15, -0.1) is 0 Å². The summed E-state index contributed by atoms with van der Waals surface area (Å²) in [5.74, 6) is 0.921. The topological polar surface area (TPSA) is 102 Å². The van der Waals surface area contributed by atoms with Crippen LogP contribution in [0.2, 0.25) is 0 Å². The van der Waals surface area contributed by atoms with E-state index in [-0.39, 0.29) is 5.56 Å². The van der Waals surface area contributed by atoms with E-state index in [0.29, 0.717) is 54.3 Å². The minimum Gasteiger partial charge on any atom is -0.493 e. The molecule has 0 saturated heterocycles. The Morgan fingerprint density at radius 3 is 1.91 bits per heavy atom. The van der Waals surface area contributed by atoms with E-state index in [4.69, 9.17) is 28.4 Å². The van der Waals surface area contributed by atoms with Crippen LogP contribution in [0.5, 0.6) is 28.7 Å². The molecule has 1 amide bonds. The molecule has 0 aliphatic rings. The quantitative estimate of drug-likeness (QED) is 0.472. The number of hydrogen-bond donors (Lipinski definition) is 1. The van der Waals surface area contributed by atoms with E-state index in [1.807, 2.05) is 20.8 Å². The SMILES string of the molecule is CCOc1cc(C(=O)OC(C)C(=O)Nc2ccc(OC)c(OC)c2)cc(OCC)c1OCC. The predicted molar refractivity (Wildman–Crippen MR) is 123 cm³/mol. The molecule has 0 bridgehead atoms. The molecule has 0 spiro atoms. The van der Waals surface area contributed by atoms with Crippen molar-refractivity contribution in [2.24, 2.45) is 0 Å². The van der Waals surface area contributed by atoms with Crippen LogP contribution in [0.4, 0.5) is 5.69 Å². The zero-order valence-electron chi connectivity index (χ0n) is 19.9. The van der Waals surface area contributed by atoms with Crippen LogP contribution in [-0.2, 0) is 9.53 Å². The molecule has 1 N–H and O–H groups in total. The van der Waals surface area contributed by atoms with Crippen molar-refractivity contribution in [1.29, 1.82) is 0 Å². The number of carbonyl (C=O) groups excluding carboxylic acids is 2. The lowest BCUT2D eigenvalue weighted by Gasteiger charge is -2.18. The zero-order valence-corrected chi connectivity index (χ0v) is 19.9. The molecule has 0 aliphatic carbocycles. The molecule has 0 saturated carbocycles. The van der Waals surface area contributed by atoms with Crippen molar-refractivity contribution in [2.75, 3.05) is 39.4 Å². The molecular formula is C24H31NO8. The molecule has 0 aliphatic heterocycles.